The number of ketones is 1. The van der Waals surface area contributed by atoms with Crippen LogP contribution >= 0.6 is 0 Å². The van der Waals surface area contributed by atoms with Crippen molar-refractivity contribution in [2.75, 3.05) is 5.32 Å². The molecule has 3 nitrogen and oxygen atoms in total. The number of aromatic hydroxyl groups is 1. The summed E-state index contributed by atoms with van der Waals surface area (Å²) >= 11 is 0. The van der Waals surface area contributed by atoms with E-state index >= 15 is 0 Å². The highest BCUT2D eigenvalue weighted by atomic mass is 16.3. The van der Waals surface area contributed by atoms with Crippen LogP contribution in [0.15, 0.2) is 54.7 Å². The molecule has 21 heavy (non-hydrogen) atoms. The average molecular weight is 279 g/mol. The molecule has 0 aromatic heterocycles. The Morgan fingerprint density at radius 2 is 2.00 bits per heavy atom. The van der Waals surface area contributed by atoms with Crippen LogP contribution in [0.25, 0.3) is 0 Å². The van der Waals surface area contributed by atoms with Gasteiger partial charge in [-0.2, -0.15) is 0 Å². The molecule has 2 aromatic carbocycles. The molecule has 0 radical (unpaired) electrons. The summed E-state index contributed by atoms with van der Waals surface area (Å²) < 4.78 is 0. The number of phenolic OH excluding ortho intramolecular Hbond substituents is 1. The van der Waals surface area contributed by atoms with Crippen LogP contribution in [0.2, 0.25) is 0 Å². The van der Waals surface area contributed by atoms with Gasteiger partial charge in [0.05, 0.1) is 0 Å². The number of phenols is 1. The first-order valence-corrected chi connectivity index (χ1v) is 6.97. The second kappa shape index (κ2) is 5.44. The summed E-state index contributed by atoms with van der Waals surface area (Å²) in [5.41, 5.74) is 4.94. The smallest absolute Gasteiger partial charge is 0.141 e. The third-order valence-electron chi connectivity index (χ3n) is 3.67. The van der Waals surface area contributed by atoms with Crippen molar-refractivity contribution in [3.8, 4) is 5.75 Å². The Morgan fingerprint density at radius 1 is 1.19 bits per heavy atom. The maximum atomic E-state index is 12.2. The van der Waals surface area contributed by atoms with Crippen molar-refractivity contribution in [2.45, 2.75) is 19.3 Å². The third-order valence-corrected chi connectivity index (χ3v) is 3.67. The molecule has 3 rings (SSSR count). The lowest BCUT2D eigenvalue weighted by Gasteiger charge is -2.06. The van der Waals surface area contributed by atoms with E-state index in [1.165, 1.54) is 5.56 Å². The van der Waals surface area contributed by atoms with Crippen LogP contribution in [-0.4, -0.2) is 10.9 Å². The Kier molecular flexibility index (Phi) is 3.48. The van der Waals surface area contributed by atoms with Crippen molar-refractivity contribution in [1.29, 1.82) is 0 Å². The monoisotopic (exact) mass is 279 g/mol. The lowest BCUT2D eigenvalue weighted by atomic mass is 10.00. The van der Waals surface area contributed by atoms with E-state index in [1.807, 2.05) is 18.2 Å². The van der Waals surface area contributed by atoms with E-state index in [9.17, 15) is 9.90 Å². The number of nitrogens with one attached hydrogen (secondary N) is 1. The minimum atomic E-state index is 0.0984. The van der Waals surface area contributed by atoms with Gasteiger partial charge in [-0.15, -0.1) is 0 Å². The fourth-order valence-corrected chi connectivity index (χ4v) is 2.65. The molecule has 1 heterocycles. The second-order valence-corrected chi connectivity index (χ2v) is 5.42. The van der Waals surface area contributed by atoms with Gasteiger partial charge in [-0.25, -0.2) is 0 Å². The van der Waals surface area contributed by atoms with Gasteiger partial charge >= 0.3 is 0 Å². The summed E-state index contributed by atoms with van der Waals surface area (Å²) in [4.78, 5) is 12.2. The fraction of sp³-hybridized carbons (Fsp3) is 0.167. The molecule has 1 aliphatic heterocycles. The molecular weight excluding hydrogens is 262 g/mol. The van der Waals surface area contributed by atoms with E-state index in [0.717, 1.165) is 23.4 Å². The SMILES string of the molecule is C=C1Cc2cc(CC(=O)Cc3ccccc3O)ccc2N1. The summed E-state index contributed by atoms with van der Waals surface area (Å²) in [6.45, 7) is 3.92. The second-order valence-electron chi connectivity index (χ2n) is 5.42. The molecule has 0 atom stereocenters. The third kappa shape index (κ3) is 2.97. The van der Waals surface area contributed by atoms with E-state index in [2.05, 4.69) is 18.0 Å². The van der Waals surface area contributed by atoms with E-state index in [1.54, 1.807) is 18.2 Å². The lowest BCUT2D eigenvalue weighted by Crippen LogP contribution is -2.07. The number of hydrogen-bond acceptors (Lipinski definition) is 3. The van der Waals surface area contributed by atoms with Gasteiger partial charge in [-0.05, 0) is 23.3 Å². The Hall–Kier alpha value is -2.55. The Morgan fingerprint density at radius 3 is 2.81 bits per heavy atom. The normalized spacial score (nSPS) is 12.9. The number of Topliss-reactive ketones (excluding diaryl/α,β-unsaturated/α-hetero) is 1. The van der Waals surface area contributed by atoms with E-state index < -0.39 is 0 Å². The van der Waals surface area contributed by atoms with Crippen molar-refractivity contribution in [3.05, 3.63) is 71.4 Å². The predicted molar refractivity (Wildman–Crippen MR) is 83.4 cm³/mol. The molecule has 0 spiro atoms. The summed E-state index contributed by atoms with van der Waals surface area (Å²) in [7, 11) is 0. The maximum Gasteiger partial charge on any atom is 0.141 e. The van der Waals surface area contributed by atoms with Crippen molar-refractivity contribution in [3.63, 3.8) is 0 Å². The molecular formula is C18H17NO2. The highest BCUT2D eigenvalue weighted by Crippen LogP contribution is 2.28. The zero-order valence-electron chi connectivity index (χ0n) is 11.7. The van der Waals surface area contributed by atoms with Gasteiger partial charge in [0.1, 0.15) is 11.5 Å². The minimum Gasteiger partial charge on any atom is -0.508 e. The van der Waals surface area contributed by atoms with E-state index in [4.69, 9.17) is 0 Å². The Balaban J connectivity index is 1.70. The van der Waals surface area contributed by atoms with Gasteiger partial charge in [0.15, 0.2) is 0 Å². The molecule has 1 aliphatic rings. The fourth-order valence-electron chi connectivity index (χ4n) is 2.65. The van der Waals surface area contributed by atoms with Crippen LogP contribution in [0.5, 0.6) is 5.75 Å². The molecule has 0 bridgehead atoms. The van der Waals surface area contributed by atoms with Crippen LogP contribution in [-0.2, 0) is 24.1 Å². The highest BCUT2D eigenvalue weighted by molar-refractivity contribution is 5.84. The first kappa shape index (κ1) is 13.4. The zero-order chi connectivity index (χ0) is 14.8. The number of para-hydroxylation sites is 1. The lowest BCUT2D eigenvalue weighted by molar-refractivity contribution is -0.117. The maximum absolute atomic E-state index is 12.2. The predicted octanol–water partition coefficient (Wildman–Crippen LogP) is 3.23. The molecule has 0 fully saturated rings. The number of anilines is 1. The highest BCUT2D eigenvalue weighted by Gasteiger charge is 2.14. The van der Waals surface area contributed by atoms with Gasteiger partial charge in [0, 0.05) is 36.2 Å². The number of fused-ring (bicyclic) bond motifs is 1. The van der Waals surface area contributed by atoms with Crippen molar-refractivity contribution in [2.24, 2.45) is 0 Å². The summed E-state index contributed by atoms with van der Waals surface area (Å²) in [5, 5.41) is 12.9. The summed E-state index contributed by atoms with van der Waals surface area (Å²) in [6.07, 6.45) is 1.46. The molecule has 0 aliphatic carbocycles. The van der Waals surface area contributed by atoms with Crippen LogP contribution < -0.4 is 5.32 Å². The number of allylic oxidation sites excluding steroid dienone is 1. The van der Waals surface area contributed by atoms with Gasteiger partial charge in [0.25, 0.3) is 0 Å². The number of hydrogen-bond donors (Lipinski definition) is 2. The molecule has 0 saturated carbocycles. The molecule has 0 amide bonds. The van der Waals surface area contributed by atoms with Crippen molar-refractivity contribution < 1.29 is 9.90 Å². The quantitative estimate of drug-likeness (QED) is 0.903. The number of carbonyl (C=O) groups excluding carboxylic acids is 1. The molecule has 0 unspecified atom stereocenters. The molecule has 0 saturated heterocycles. The minimum absolute atomic E-state index is 0.0984. The van der Waals surface area contributed by atoms with Crippen molar-refractivity contribution in [1.82, 2.24) is 0 Å². The largest absolute Gasteiger partial charge is 0.508 e. The van der Waals surface area contributed by atoms with Gasteiger partial charge in [-0.3, -0.25) is 4.79 Å². The van der Waals surface area contributed by atoms with Crippen molar-refractivity contribution >= 4 is 11.5 Å². The molecule has 2 N–H and O–H groups in total. The Labute approximate surface area is 123 Å². The zero-order valence-corrected chi connectivity index (χ0v) is 11.7. The Bertz CT molecular complexity index is 719. The number of benzene rings is 2. The summed E-state index contributed by atoms with van der Waals surface area (Å²) in [5.74, 6) is 0.279. The number of carbonyl (C=O) groups is 1. The first-order chi connectivity index (χ1) is 10.1. The topological polar surface area (TPSA) is 49.3 Å². The van der Waals surface area contributed by atoms with E-state index in [0.29, 0.717) is 12.0 Å². The van der Waals surface area contributed by atoms with Gasteiger partial charge in [-0.1, -0.05) is 36.9 Å². The van der Waals surface area contributed by atoms with Gasteiger partial charge in [0.2, 0.25) is 0 Å². The average Bonchev–Trinajstić information content (AvgIpc) is 2.80. The summed E-state index contributed by atoms with van der Waals surface area (Å²) in [6, 6.07) is 13.0. The van der Waals surface area contributed by atoms with Crippen LogP contribution in [0.4, 0.5) is 5.69 Å². The first-order valence-electron chi connectivity index (χ1n) is 6.97. The molecule has 2 aromatic rings. The van der Waals surface area contributed by atoms with E-state index in [-0.39, 0.29) is 18.0 Å². The molecule has 3 heteroatoms. The van der Waals surface area contributed by atoms with Gasteiger partial charge < -0.3 is 10.4 Å². The molecule has 106 valence electrons. The van der Waals surface area contributed by atoms with Crippen LogP contribution in [0.3, 0.4) is 0 Å². The number of rotatable bonds is 4. The van der Waals surface area contributed by atoms with Crippen LogP contribution in [0, 0.1) is 0 Å². The standard InChI is InChI=1S/C18H17NO2/c1-12-8-15-9-13(6-7-17(15)19-12)10-16(20)11-14-4-2-3-5-18(14)21/h2-7,9,19,21H,1,8,10-11H2. The van der Waals surface area contributed by atoms with Crippen LogP contribution in [0.1, 0.15) is 16.7 Å².